The molecule has 4 heterocycles. The molecule has 1 aromatic carbocycles. The molecule has 178 valence electrons. The highest BCUT2D eigenvalue weighted by atomic mass is 19.1. The Morgan fingerprint density at radius 3 is 2.97 bits per heavy atom. The summed E-state index contributed by atoms with van der Waals surface area (Å²) in [5, 5.41) is 31.6. The van der Waals surface area contributed by atoms with E-state index in [0.717, 1.165) is 12.1 Å². The van der Waals surface area contributed by atoms with Gasteiger partial charge >= 0.3 is 0 Å². The molecule has 1 saturated heterocycles. The number of halogens is 1. The summed E-state index contributed by atoms with van der Waals surface area (Å²) in [6.45, 7) is 4.92. The molecule has 3 aromatic rings. The van der Waals surface area contributed by atoms with Crippen LogP contribution in [0.4, 0.5) is 15.9 Å². The number of aryl methyl sites for hydroxylation is 1. The number of carbonyl (C=O) groups excluding carboxylic acids is 1. The highest BCUT2D eigenvalue weighted by Gasteiger charge is 2.49. The second-order valence-corrected chi connectivity index (χ2v) is 8.83. The molecular formula is C25H23FN6O3. The number of pyridine rings is 1. The van der Waals surface area contributed by atoms with Gasteiger partial charge in [0.1, 0.15) is 17.7 Å². The highest BCUT2D eigenvalue weighted by Crippen LogP contribution is 2.45. The summed E-state index contributed by atoms with van der Waals surface area (Å²) in [6, 6.07) is 9.63. The molecule has 10 heteroatoms. The predicted molar refractivity (Wildman–Crippen MR) is 126 cm³/mol. The Labute approximate surface area is 201 Å². The Morgan fingerprint density at radius 2 is 2.23 bits per heavy atom. The fourth-order valence-corrected chi connectivity index (χ4v) is 4.92. The number of carbonyl (C=O) groups is 1. The van der Waals surface area contributed by atoms with Gasteiger partial charge in [0.2, 0.25) is 5.88 Å². The molecule has 0 radical (unpaired) electrons. The zero-order valence-corrected chi connectivity index (χ0v) is 19.2. The molecule has 5 rings (SSSR count). The lowest BCUT2D eigenvalue weighted by molar-refractivity contribution is 0.112. The minimum Gasteiger partial charge on any atom is -0.504 e. The third-order valence-electron chi connectivity index (χ3n) is 6.88. The average molecular weight is 474 g/mol. The van der Waals surface area contributed by atoms with Gasteiger partial charge in [-0.15, -0.1) is 10.2 Å². The minimum absolute atomic E-state index is 0.207. The van der Waals surface area contributed by atoms with Crippen molar-refractivity contribution in [1.29, 1.82) is 5.26 Å². The Balaban J connectivity index is 1.49. The van der Waals surface area contributed by atoms with Crippen LogP contribution in [0.5, 0.6) is 11.6 Å². The topological polar surface area (TPSA) is 124 Å². The number of hydrogen-bond acceptors (Lipinski definition) is 9. The molecular weight excluding hydrogens is 451 g/mol. The maximum atomic E-state index is 13.9. The van der Waals surface area contributed by atoms with Crippen LogP contribution in [0.1, 0.15) is 41.4 Å². The van der Waals surface area contributed by atoms with Gasteiger partial charge in [0, 0.05) is 24.1 Å². The lowest BCUT2D eigenvalue weighted by atomic mass is 9.90. The summed E-state index contributed by atoms with van der Waals surface area (Å²) in [6.07, 6.45) is 1.87. The third kappa shape index (κ3) is 3.69. The third-order valence-corrected chi connectivity index (χ3v) is 6.88. The Bertz CT molecular complexity index is 1370. The van der Waals surface area contributed by atoms with E-state index >= 15 is 0 Å². The van der Waals surface area contributed by atoms with Gasteiger partial charge < -0.3 is 20.1 Å². The van der Waals surface area contributed by atoms with Crippen LogP contribution >= 0.6 is 0 Å². The molecule has 0 saturated carbocycles. The first-order valence-corrected chi connectivity index (χ1v) is 11.3. The summed E-state index contributed by atoms with van der Waals surface area (Å²) >= 11 is 0. The van der Waals surface area contributed by atoms with E-state index in [1.807, 2.05) is 0 Å². The van der Waals surface area contributed by atoms with Crippen molar-refractivity contribution in [3.8, 4) is 29.0 Å². The van der Waals surface area contributed by atoms with E-state index in [-0.39, 0.29) is 28.6 Å². The predicted octanol–water partition coefficient (Wildman–Crippen LogP) is 3.61. The minimum atomic E-state index is -0.727. The first kappa shape index (κ1) is 22.5. The molecule has 9 nitrogen and oxygen atoms in total. The molecule has 1 fully saturated rings. The SMILES string of the molecule is CC[C@@]12CNc3nnc(-c4cccc(F)c4O)cc3N1C[C@H](Oc1nc(C)c(C=O)cc1C#N)C2. The van der Waals surface area contributed by atoms with Gasteiger partial charge in [-0.1, -0.05) is 13.0 Å². The fraction of sp³-hybridized carbons (Fsp3) is 0.320. The summed E-state index contributed by atoms with van der Waals surface area (Å²) in [4.78, 5) is 17.8. The molecule has 0 bridgehead atoms. The van der Waals surface area contributed by atoms with E-state index in [4.69, 9.17) is 4.74 Å². The zero-order chi connectivity index (χ0) is 24.7. The van der Waals surface area contributed by atoms with Crippen LogP contribution in [-0.2, 0) is 0 Å². The number of nitrogens with zero attached hydrogens (tertiary/aromatic N) is 5. The average Bonchev–Trinajstić information content (AvgIpc) is 3.25. The van der Waals surface area contributed by atoms with Crippen molar-refractivity contribution >= 4 is 17.8 Å². The van der Waals surface area contributed by atoms with Crippen LogP contribution in [0, 0.1) is 24.1 Å². The van der Waals surface area contributed by atoms with E-state index in [0.29, 0.717) is 48.6 Å². The number of aromatic nitrogens is 3. The second-order valence-electron chi connectivity index (χ2n) is 8.83. The number of aromatic hydroxyl groups is 1. The summed E-state index contributed by atoms with van der Waals surface area (Å²) in [5.74, 6) is -0.400. The quantitative estimate of drug-likeness (QED) is 0.534. The number of rotatable bonds is 5. The fourth-order valence-electron chi connectivity index (χ4n) is 4.92. The van der Waals surface area contributed by atoms with Crippen molar-refractivity contribution in [3.63, 3.8) is 0 Å². The molecule has 0 amide bonds. The number of phenolic OH excluding ortho intramolecular Hbond substituents is 1. The van der Waals surface area contributed by atoms with E-state index in [9.17, 15) is 19.6 Å². The number of fused-ring (bicyclic) bond motifs is 3. The van der Waals surface area contributed by atoms with Gasteiger partial charge in [0.05, 0.1) is 29.2 Å². The van der Waals surface area contributed by atoms with Gasteiger partial charge in [0.25, 0.3) is 0 Å². The van der Waals surface area contributed by atoms with Crippen LogP contribution in [0.15, 0.2) is 30.3 Å². The Hall–Kier alpha value is -4.26. The normalized spacial score (nSPS) is 20.4. The van der Waals surface area contributed by atoms with Crippen LogP contribution < -0.4 is 15.0 Å². The number of para-hydroxylation sites is 1. The number of ether oxygens (including phenoxy) is 1. The number of anilines is 2. The number of benzene rings is 1. The second kappa shape index (κ2) is 8.51. The van der Waals surface area contributed by atoms with Gasteiger partial charge in [-0.3, -0.25) is 4.79 Å². The Kier molecular flexibility index (Phi) is 5.47. The molecule has 0 aliphatic carbocycles. The summed E-state index contributed by atoms with van der Waals surface area (Å²) < 4.78 is 20.2. The number of nitrogens with one attached hydrogen (secondary N) is 1. The molecule has 2 aromatic heterocycles. The molecule has 35 heavy (non-hydrogen) atoms. The standard InChI is InChI=1S/C25H23FN6O3/c1-3-25-9-17(35-24-15(10-27)7-16(12-33)14(2)29-24)11-32(25)21-8-20(30-31-23(21)28-13-25)18-5-4-6-19(26)22(18)34/h4-8,12,17,34H,3,9,11,13H2,1-2H3,(H,28,31)/t17-,25-/m1/s1. The first-order valence-electron chi connectivity index (χ1n) is 11.3. The van der Waals surface area contributed by atoms with E-state index in [2.05, 4.69) is 38.4 Å². The van der Waals surface area contributed by atoms with Crippen LogP contribution in [0.3, 0.4) is 0 Å². The van der Waals surface area contributed by atoms with Gasteiger partial charge in [0.15, 0.2) is 23.7 Å². The largest absolute Gasteiger partial charge is 0.504 e. The van der Waals surface area contributed by atoms with E-state index in [1.54, 1.807) is 19.1 Å². The van der Waals surface area contributed by atoms with E-state index in [1.165, 1.54) is 18.2 Å². The number of aldehydes is 1. The lowest BCUT2D eigenvalue weighted by Crippen LogP contribution is -2.52. The van der Waals surface area contributed by atoms with E-state index < -0.39 is 11.6 Å². The van der Waals surface area contributed by atoms with Crippen LogP contribution in [0.25, 0.3) is 11.3 Å². The molecule has 0 spiro atoms. The van der Waals surface area contributed by atoms with Gasteiger partial charge in [-0.05, 0) is 37.6 Å². The maximum absolute atomic E-state index is 13.9. The van der Waals surface area contributed by atoms with Crippen LogP contribution in [-0.4, -0.2) is 51.3 Å². The van der Waals surface area contributed by atoms with Crippen molar-refractivity contribution < 1.29 is 19.0 Å². The molecule has 0 unspecified atom stereocenters. The first-order chi connectivity index (χ1) is 16.9. The lowest BCUT2D eigenvalue weighted by Gasteiger charge is -2.43. The molecule has 2 N–H and O–H groups in total. The van der Waals surface area contributed by atoms with Gasteiger partial charge in [-0.2, -0.15) is 5.26 Å². The summed E-state index contributed by atoms with van der Waals surface area (Å²) in [5.41, 5.74) is 2.16. The molecule has 2 aliphatic rings. The van der Waals surface area contributed by atoms with Crippen molar-refractivity contribution in [2.45, 2.75) is 38.3 Å². The number of hydrogen-bond donors (Lipinski definition) is 2. The maximum Gasteiger partial charge on any atom is 0.232 e. The molecule has 2 atom stereocenters. The highest BCUT2D eigenvalue weighted by molar-refractivity contribution is 5.78. The van der Waals surface area contributed by atoms with Crippen LogP contribution in [0.2, 0.25) is 0 Å². The monoisotopic (exact) mass is 474 g/mol. The van der Waals surface area contributed by atoms with Crippen molar-refractivity contribution in [2.24, 2.45) is 0 Å². The van der Waals surface area contributed by atoms with Crippen molar-refractivity contribution in [3.05, 3.63) is 53.0 Å². The van der Waals surface area contributed by atoms with Crippen molar-refractivity contribution in [2.75, 3.05) is 23.3 Å². The summed E-state index contributed by atoms with van der Waals surface area (Å²) in [7, 11) is 0. The Morgan fingerprint density at radius 1 is 1.40 bits per heavy atom. The zero-order valence-electron chi connectivity index (χ0n) is 19.2. The molecule has 2 aliphatic heterocycles. The van der Waals surface area contributed by atoms with Gasteiger partial charge in [-0.25, -0.2) is 9.37 Å². The number of phenols is 1. The number of nitriles is 1. The van der Waals surface area contributed by atoms with Crippen molar-refractivity contribution in [1.82, 2.24) is 15.2 Å². The smallest absolute Gasteiger partial charge is 0.232 e.